The summed E-state index contributed by atoms with van der Waals surface area (Å²) >= 11 is 6.24. The van der Waals surface area contributed by atoms with Crippen molar-refractivity contribution >= 4 is 11.6 Å². The Morgan fingerprint density at radius 1 is 1.29 bits per heavy atom. The highest BCUT2D eigenvalue weighted by Gasteiger charge is 2.17. The smallest absolute Gasteiger partial charge is 0.0762 e. The molecule has 0 amide bonds. The third-order valence-corrected chi connectivity index (χ3v) is 4.18. The van der Waals surface area contributed by atoms with Crippen molar-refractivity contribution in [3.05, 3.63) is 47.0 Å². The van der Waals surface area contributed by atoms with Crippen LogP contribution in [-0.2, 0) is 6.42 Å². The van der Waals surface area contributed by atoms with Crippen LogP contribution in [0.25, 0.3) is 0 Å². The van der Waals surface area contributed by atoms with Crippen molar-refractivity contribution in [2.24, 2.45) is 0 Å². The molecule has 0 bridgehead atoms. The molecule has 5 heteroatoms. The van der Waals surface area contributed by atoms with Crippen molar-refractivity contribution in [1.29, 1.82) is 0 Å². The fourth-order valence-electron chi connectivity index (χ4n) is 2.55. The molecule has 0 aromatic carbocycles. The van der Waals surface area contributed by atoms with Crippen LogP contribution >= 0.6 is 11.6 Å². The van der Waals surface area contributed by atoms with E-state index in [0.717, 1.165) is 30.7 Å². The lowest BCUT2D eigenvalue weighted by Gasteiger charge is -2.16. The molecule has 4 nitrogen and oxygen atoms in total. The maximum atomic E-state index is 6.24. The summed E-state index contributed by atoms with van der Waals surface area (Å²) in [5.74, 6) is 0. The van der Waals surface area contributed by atoms with Gasteiger partial charge in [0, 0.05) is 18.8 Å². The van der Waals surface area contributed by atoms with Gasteiger partial charge in [-0.1, -0.05) is 25.4 Å². The van der Waals surface area contributed by atoms with Gasteiger partial charge in [-0.2, -0.15) is 5.10 Å². The van der Waals surface area contributed by atoms with Crippen molar-refractivity contribution in [3.63, 3.8) is 0 Å². The summed E-state index contributed by atoms with van der Waals surface area (Å²) in [5.41, 5.74) is 1.93. The fraction of sp³-hybridized carbons (Fsp3) is 0.500. The van der Waals surface area contributed by atoms with Crippen molar-refractivity contribution in [3.8, 4) is 0 Å². The Bertz CT molecular complexity index is 563. The zero-order valence-electron chi connectivity index (χ0n) is 12.9. The molecule has 2 rings (SSSR count). The monoisotopic (exact) mass is 306 g/mol. The summed E-state index contributed by atoms with van der Waals surface area (Å²) in [4.78, 5) is 4.39. The highest BCUT2D eigenvalue weighted by Crippen LogP contribution is 2.23. The first-order valence-corrected chi connectivity index (χ1v) is 7.89. The van der Waals surface area contributed by atoms with Gasteiger partial charge in [-0.3, -0.25) is 9.67 Å². The number of rotatable bonds is 7. The highest BCUT2D eigenvalue weighted by molar-refractivity contribution is 6.31. The van der Waals surface area contributed by atoms with Crippen LogP contribution in [0.1, 0.15) is 50.2 Å². The van der Waals surface area contributed by atoms with Crippen LogP contribution in [0.3, 0.4) is 0 Å². The second-order valence-corrected chi connectivity index (χ2v) is 5.58. The molecule has 1 unspecified atom stereocenters. The Kier molecular flexibility index (Phi) is 5.76. The summed E-state index contributed by atoms with van der Waals surface area (Å²) in [6.07, 6.45) is 6.81. The average Bonchev–Trinajstić information content (AvgIpc) is 2.95. The molecule has 2 heterocycles. The molecular weight excluding hydrogens is 284 g/mol. The number of likely N-dealkylation sites (N-methyl/N-ethyl adjacent to an activating group) is 1. The lowest BCUT2D eigenvalue weighted by molar-refractivity contribution is 0.423. The van der Waals surface area contributed by atoms with E-state index in [1.165, 1.54) is 0 Å². The zero-order chi connectivity index (χ0) is 15.2. The molecule has 21 heavy (non-hydrogen) atoms. The number of halogens is 1. The Labute approximate surface area is 131 Å². The number of aromatic nitrogens is 3. The van der Waals surface area contributed by atoms with Gasteiger partial charge in [-0.15, -0.1) is 0 Å². The van der Waals surface area contributed by atoms with E-state index in [2.05, 4.69) is 41.1 Å². The molecule has 1 atom stereocenters. The third kappa shape index (κ3) is 3.83. The predicted octanol–water partition coefficient (Wildman–Crippen LogP) is 3.80. The minimum Gasteiger partial charge on any atom is -0.311 e. The first kappa shape index (κ1) is 16.0. The topological polar surface area (TPSA) is 42.7 Å². The summed E-state index contributed by atoms with van der Waals surface area (Å²) in [5, 5.41) is 8.67. The summed E-state index contributed by atoms with van der Waals surface area (Å²) in [7, 11) is 1.92. The van der Waals surface area contributed by atoms with Gasteiger partial charge in [0.1, 0.15) is 0 Å². The number of hydrogen-bond acceptors (Lipinski definition) is 3. The fourth-order valence-corrected chi connectivity index (χ4v) is 2.80. The van der Waals surface area contributed by atoms with Crippen LogP contribution in [0.5, 0.6) is 0 Å². The van der Waals surface area contributed by atoms with Crippen LogP contribution in [-0.4, -0.2) is 21.8 Å². The van der Waals surface area contributed by atoms with Gasteiger partial charge in [0.15, 0.2) is 0 Å². The van der Waals surface area contributed by atoms with Gasteiger partial charge in [0.25, 0.3) is 0 Å². The largest absolute Gasteiger partial charge is 0.311 e. The number of nitrogens with zero attached hydrogens (tertiary/aromatic N) is 3. The van der Waals surface area contributed by atoms with Gasteiger partial charge in [-0.25, -0.2) is 0 Å². The minimum absolute atomic E-state index is 0.0729. The molecule has 2 aromatic heterocycles. The zero-order valence-corrected chi connectivity index (χ0v) is 13.6. The standard InChI is InChI=1S/C16H23ClN4/c1-4-13(5-2)21-10-8-12(20-21)11-15(18-3)16-14(17)7-6-9-19-16/h6-10,13,15,18H,4-5,11H2,1-3H3. The molecule has 0 saturated heterocycles. The van der Waals surface area contributed by atoms with E-state index in [0.29, 0.717) is 11.1 Å². The van der Waals surface area contributed by atoms with Crippen molar-refractivity contribution in [2.45, 2.75) is 45.2 Å². The normalized spacial score (nSPS) is 12.8. The molecule has 0 fully saturated rings. The van der Waals surface area contributed by atoms with E-state index in [4.69, 9.17) is 16.7 Å². The molecule has 0 saturated carbocycles. The maximum Gasteiger partial charge on any atom is 0.0762 e. The van der Waals surface area contributed by atoms with Crippen LogP contribution in [0.4, 0.5) is 0 Å². The SMILES string of the molecule is CCC(CC)n1ccc(CC(NC)c2ncccc2Cl)n1. The van der Waals surface area contributed by atoms with Crippen LogP contribution in [0.15, 0.2) is 30.6 Å². The van der Waals surface area contributed by atoms with E-state index < -0.39 is 0 Å². The molecule has 0 aliphatic carbocycles. The van der Waals surface area contributed by atoms with Crippen molar-refractivity contribution in [1.82, 2.24) is 20.1 Å². The lowest BCUT2D eigenvalue weighted by Crippen LogP contribution is -2.21. The molecule has 0 spiro atoms. The van der Waals surface area contributed by atoms with Crippen LogP contribution < -0.4 is 5.32 Å². The molecule has 0 aliphatic rings. The number of hydrogen-bond donors (Lipinski definition) is 1. The molecule has 0 aliphatic heterocycles. The summed E-state index contributed by atoms with van der Waals surface area (Å²) in [6.45, 7) is 4.39. The quantitative estimate of drug-likeness (QED) is 0.846. The van der Waals surface area contributed by atoms with Crippen LogP contribution in [0.2, 0.25) is 5.02 Å². The Morgan fingerprint density at radius 2 is 2.05 bits per heavy atom. The average molecular weight is 307 g/mol. The van der Waals surface area contributed by atoms with Gasteiger partial charge >= 0.3 is 0 Å². The first-order chi connectivity index (χ1) is 10.2. The van der Waals surface area contributed by atoms with Crippen LogP contribution in [0, 0.1) is 0 Å². The van der Waals surface area contributed by atoms with Gasteiger partial charge in [0.05, 0.1) is 28.5 Å². The van der Waals surface area contributed by atoms with E-state index in [9.17, 15) is 0 Å². The molecular formula is C16H23ClN4. The van der Waals surface area contributed by atoms with E-state index in [-0.39, 0.29) is 6.04 Å². The second-order valence-electron chi connectivity index (χ2n) is 5.17. The highest BCUT2D eigenvalue weighted by atomic mass is 35.5. The van der Waals surface area contributed by atoms with E-state index >= 15 is 0 Å². The molecule has 0 radical (unpaired) electrons. The van der Waals surface area contributed by atoms with E-state index in [1.807, 2.05) is 19.2 Å². The second kappa shape index (κ2) is 7.57. The molecule has 1 N–H and O–H groups in total. The third-order valence-electron chi connectivity index (χ3n) is 3.86. The molecule has 114 valence electrons. The minimum atomic E-state index is 0.0729. The first-order valence-electron chi connectivity index (χ1n) is 7.51. The summed E-state index contributed by atoms with van der Waals surface area (Å²) in [6, 6.07) is 6.35. The number of nitrogens with one attached hydrogen (secondary N) is 1. The van der Waals surface area contributed by atoms with Gasteiger partial charge in [0.2, 0.25) is 0 Å². The predicted molar refractivity (Wildman–Crippen MR) is 86.6 cm³/mol. The Hall–Kier alpha value is -1.39. The Morgan fingerprint density at radius 3 is 2.67 bits per heavy atom. The van der Waals surface area contributed by atoms with Crippen molar-refractivity contribution < 1.29 is 0 Å². The maximum absolute atomic E-state index is 6.24. The Balaban J connectivity index is 2.14. The van der Waals surface area contributed by atoms with Crippen molar-refractivity contribution in [2.75, 3.05) is 7.05 Å². The summed E-state index contributed by atoms with van der Waals surface area (Å²) < 4.78 is 2.07. The van der Waals surface area contributed by atoms with E-state index in [1.54, 1.807) is 6.20 Å². The molecule has 2 aromatic rings. The lowest BCUT2D eigenvalue weighted by atomic mass is 10.1. The van der Waals surface area contributed by atoms with Gasteiger partial charge < -0.3 is 5.32 Å². The number of pyridine rings is 1. The van der Waals surface area contributed by atoms with Gasteiger partial charge in [-0.05, 0) is 38.1 Å².